The van der Waals surface area contributed by atoms with Crippen molar-refractivity contribution in [1.82, 2.24) is 5.32 Å². The van der Waals surface area contributed by atoms with Gasteiger partial charge in [-0.05, 0) is 52.8 Å². The SMILES string of the molecule is O=C(O)C[C@@H](NC(=O)OCC1c2ccccc2-c2ccccc21)C1CC12CC2. The molecule has 2 saturated carbocycles. The van der Waals surface area contributed by atoms with Crippen LogP contribution in [0.1, 0.15) is 42.7 Å². The zero-order chi connectivity index (χ0) is 19.3. The molecule has 5 heteroatoms. The number of amides is 1. The highest BCUT2D eigenvalue weighted by Gasteiger charge is 2.65. The zero-order valence-corrected chi connectivity index (χ0v) is 15.6. The Morgan fingerprint density at radius 3 is 2.21 bits per heavy atom. The van der Waals surface area contributed by atoms with E-state index in [1.807, 2.05) is 24.3 Å². The maximum absolute atomic E-state index is 12.5. The minimum absolute atomic E-state index is 0.00627. The molecule has 0 saturated heterocycles. The minimum Gasteiger partial charge on any atom is -0.481 e. The van der Waals surface area contributed by atoms with E-state index in [1.54, 1.807) is 0 Å². The van der Waals surface area contributed by atoms with Crippen LogP contribution in [-0.2, 0) is 9.53 Å². The second kappa shape index (κ2) is 6.36. The highest BCUT2D eigenvalue weighted by Crippen LogP contribution is 2.71. The van der Waals surface area contributed by atoms with Crippen molar-refractivity contribution in [2.24, 2.45) is 11.3 Å². The molecule has 0 bridgehead atoms. The number of benzene rings is 2. The highest BCUT2D eigenvalue weighted by atomic mass is 16.5. The van der Waals surface area contributed by atoms with E-state index in [0.717, 1.165) is 30.4 Å². The summed E-state index contributed by atoms with van der Waals surface area (Å²) in [5.41, 5.74) is 5.01. The van der Waals surface area contributed by atoms with Gasteiger partial charge in [-0.3, -0.25) is 4.79 Å². The molecular weight excluding hydrogens is 354 g/mol. The molecule has 0 heterocycles. The molecular formula is C23H23NO4. The number of alkyl carbamates (subject to hydrolysis) is 1. The summed E-state index contributed by atoms with van der Waals surface area (Å²) in [7, 11) is 0. The minimum atomic E-state index is -0.883. The lowest BCUT2D eigenvalue weighted by Crippen LogP contribution is -2.39. The molecule has 3 aliphatic rings. The first-order chi connectivity index (χ1) is 13.6. The lowest BCUT2D eigenvalue weighted by atomic mass is 9.98. The van der Waals surface area contributed by atoms with Gasteiger partial charge in [-0.1, -0.05) is 48.5 Å². The Kier molecular flexibility index (Phi) is 3.93. The molecule has 0 radical (unpaired) electrons. The first-order valence-electron chi connectivity index (χ1n) is 9.91. The molecule has 5 rings (SSSR count). The normalized spacial score (nSPS) is 21.5. The molecule has 2 aromatic rings. The van der Waals surface area contributed by atoms with Gasteiger partial charge in [-0.25, -0.2) is 4.79 Å². The van der Waals surface area contributed by atoms with E-state index in [1.165, 1.54) is 11.1 Å². The van der Waals surface area contributed by atoms with Gasteiger partial charge >= 0.3 is 12.1 Å². The molecule has 28 heavy (non-hydrogen) atoms. The van der Waals surface area contributed by atoms with Crippen molar-refractivity contribution >= 4 is 12.1 Å². The standard InChI is InChI=1S/C23H23NO4/c25-21(26)11-20(19-12-23(19)9-10-23)24-22(27)28-13-18-16-7-3-1-5-14(16)15-6-2-4-8-17(15)18/h1-8,18-20H,9-13H2,(H,24,27)(H,25,26)/t19?,20-/m1/s1. The van der Waals surface area contributed by atoms with E-state index < -0.39 is 12.1 Å². The fourth-order valence-electron chi connectivity index (χ4n) is 4.96. The summed E-state index contributed by atoms with van der Waals surface area (Å²) >= 11 is 0. The average molecular weight is 377 g/mol. The van der Waals surface area contributed by atoms with Crippen LogP contribution in [0.25, 0.3) is 11.1 Å². The first-order valence-corrected chi connectivity index (χ1v) is 9.91. The Morgan fingerprint density at radius 2 is 1.68 bits per heavy atom. The fraction of sp³-hybridized carbons (Fsp3) is 0.391. The number of nitrogens with one attached hydrogen (secondary N) is 1. The van der Waals surface area contributed by atoms with Crippen molar-refractivity contribution in [2.45, 2.75) is 37.6 Å². The van der Waals surface area contributed by atoms with Gasteiger partial charge in [0.05, 0.1) is 6.42 Å². The molecule has 0 aliphatic heterocycles. The second-order valence-corrected chi connectivity index (χ2v) is 8.35. The van der Waals surface area contributed by atoms with Crippen LogP contribution in [0, 0.1) is 11.3 Å². The summed E-state index contributed by atoms with van der Waals surface area (Å²) in [5.74, 6) is -0.595. The lowest BCUT2D eigenvalue weighted by Gasteiger charge is -2.19. The number of carboxylic acids is 1. The third kappa shape index (κ3) is 2.95. The van der Waals surface area contributed by atoms with Gasteiger partial charge in [0, 0.05) is 12.0 Å². The van der Waals surface area contributed by atoms with E-state index in [4.69, 9.17) is 4.74 Å². The predicted molar refractivity (Wildman–Crippen MR) is 104 cm³/mol. The van der Waals surface area contributed by atoms with Gasteiger partial charge in [0.15, 0.2) is 0 Å². The molecule has 1 unspecified atom stereocenters. The Labute approximate surface area is 163 Å². The number of carbonyl (C=O) groups is 2. The van der Waals surface area contributed by atoms with E-state index in [-0.39, 0.29) is 30.9 Å². The average Bonchev–Trinajstić information content (AvgIpc) is 3.59. The molecule has 2 atom stereocenters. The summed E-state index contributed by atoms with van der Waals surface area (Å²) in [6.07, 6.45) is 2.77. The Hall–Kier alpha value is -2.82. The highest BCUT2D eigenvalue weighted by molar-refractivity contribution is 5.79. The summed E-state index contributed by atoms with van der Waals surface area (Å²) in [6.45, 7) is 0.245. The number of carboxylic acid groups (broad SMARTS) is 1. The third-order valence-electron chi connectivity index (χ3n) is 6.67. The van der Waals surface area contributed by atoms with Gasteiger partial charge in [0.2, 0.25) is 0 Å². The quantitative estimate of drug-likeness (QED) is 0.792. The molecule has 2 aromatic carbocycles. The smallest absolute Gasteiger partial charge is 0.407 e. The van der Waals surface area contributed by atoms with Crippen LogP contribution in [0.15, 0.2) is 48.5 Å². The first kappa shape index (κ1) is 17.3. The number of aliphatic carboxylic acids is 1. The second-order valence-electron chi connectivity index (χ2n) is 8.35. The Balaban J connectivity index is 1.27. The Bertz CT molecular complexity index is 904. The van der Waals surface area contributed by atoms with Crippen molar-refractivity contribution in [1.29, 1.82) is 0 Å². The van der Waals surface area contributed by atoms with Crippen molar-refractivity contribution < 1.29 is 19.4 Å². The lowest BCUT2D eigenvalue weighted by molar-refractivity contribution is -0.137. The van der Waals surface area contributed by atoms with E-state index >= 15 is 0 Å². The van der Waals surface area contributed by atoms with Crippen LogP contribution >= 0.6 is 0 Å². The van der Waals surface area contributed by atoms with Crippen LogP contribution in [-0.4, -0.2) is 29.8 Å². The van der Waals surface area contributed by atoms with Crippen LogP contribution in [0.2, 0.25) is 0 Å². The van der Waals surface area contributed by atoms with E-state index in [2.05, 4.69) is 29.6 Å². The zero-order valence-electron chi connectivity index (χ0n) is 15.6. The largest absolute Gasteiger partial charge is 0.481 e. The van der Waals surface area contributed by atoms with Gasteiger partial charge in [0.25, 0.3) is 0 Å². The molecule has 2 N–H and O–H groups in total. The maximum atomic E-state index is 12.5. The molecule has 1 spiro atoms. The van der Waals surface area contributed by atoms with Crippen molar-refractivity contribution in [3.63, 3.8) is 0 Å². The van der Waals surface area contributed by atoms with Gasteiger partial charge in [-0.15, -0.1) is 0 Å². The Morgan fingerprint density at radius 1 is 1.07 bits per heavy atom. The van der Waals surface area contributed by atoms with Crippen LogP contribution in [0.3, 0.4) is 0 Å². The third-order valence-corrected chi connectivity index (χ3v) is 6.67. The number of fused-ring (bicyclic) bond motifs is 3. The number of hydrogen-bond donors (Lipinski definition) is 2. The van der Waals surface area contributed by atoms with Crippen molar-refractivity contribution in [3.8, 4) is 11.1 Å². The fourth-order valence-corrected chi connectivity index (χ4v) is 4.96. The monoisotopic (exact) mass is 377 g/mol. The van der Waals surface area contributed by atoms with Crippen LogP contribution in [0.4, 0.5) is 4.79 Å². The van der Waals surface area contributed by atoms with Gasteiger partial charge in [0.1, 0.15) is 6.61 Å². The summed E-state index contributed by atoms with van der Waals surface area (Å²) in [5, 5.41) is 12.0. The van der Waals surface area contributed by atoms with Crippen molar-refractivity contribution in [3.05, 3.63) is 59.7 Å². The van der Waals surface area contributed by atoms with Crippen LogP contribution in [0.5, 0.6) is 0 Å². The van der Waals surface area contributed by atoms with Crippen LogP contribution < -0.4 is 5.32 Å². The summed E-state index contributed by atoms with van der Waals surface area (Å²) in [4.78, 5) is 23.7. The topological polar surface area (TPSA) is 75.6 Å². The number of ether oxygens (including phenoxy) is 1. The molecule has 3 aliphatic carbocycles. The van der Waals surface area contributed by atoms with Crippen molar-refractivity contribution in [2.75, 3.05) is 6.61 Å². The summed E-state index contributed by atoms with van der Waals surface area (Å²) in [6, 6.07) is 16.1. The van der Waals surface area contributed by atoms with E-state index in [9.17, 15) is 14.7 Å². The molecule has 144 valence electrons. The predicted octanol–water partition coefficient (Wildman–Crippen LogP) is 4.17. The number of carbonyl (C=O) groups excluding carboxylic acids is 1. The molecule has 5 nitrogen and oxygen atoms in total. The number of rotatable bonds is 6. The molecule has 2 fully saturated rings. The maximum Gasteiger partial charge on any atom is 0.407 e. The van der Waals surface area contributed by atoms with Gasteiger partial charge < -0.3 is 15.2 Å². The molecule has 1 amide bonds. The number of hydrogen-bond acceptors (Lipinski definition) is 3. The summed E-state index contributed by atoms with van der Waals surface area (Å²) < 4.78 is 5.58. The molecule has 0 aromatic heterocycles. The van der Waals surface area contributed by atoms with Gasteiger partial charge in [-0.2, -0.15) is 0 Å². The van der Waals surface area contributed by atoms with E-state index in [0.29, 0.717) is 5.41 Å².